The van der Waals surface area contributed by atoms with Gasteiger partial charge in [-0.05, 0) is 6.92 Å². The molecule has 1 aromatic rings. The molecule has 0 amide bonds. The van der Waals surface area contributed by atoms with E-state index in [2.05, 4.69) is 16.3 Å². The topological polar surface area (TPSA) is 49.6 Å². The molecule has 10 heavy (non-hydrogen) atoms. The average Bonchev–Trinajstić information content (AvgIpc) is 2.40. The molecule has 0 spiro atoms. The van der Waals surface area contributed by atoms with E-state index in [4.69, 9.17) is 5.26 Å². The summed E-state index contributed by atoms with van der Waals surface area (Å²) in [5, 5.41) is 15.8. The van der Waals surface area contributed by atoms with Crippen molar-refractivity contribution in [3.05, 3.63) is 5.51 Å². The van der Waals surface area contributed by atoms with Crippen molar-refractivity contribution in [1.82, 2.24) is 10.2 Å². The molecule has 1 rings (SSSR count). The van der Waals surface area contributed by atoms with Crippen LogP contribution in [0.15, 0.2) is 9.85 Å². The van der Waals surface area contributed by atoms with Crippen molar-refractivity contribution in [1.29, 1.82) is 5.26 Å². The van der Waals surface area contributed by atoms with Crippen LogP contribution in [0, 0.1) is 11.3 Å². The Morgan fingerprint density at radius 1 is 1.90 bits per heavy atom. The Balaban J connectivity index is 2.50. The van der Waals surface area contributed by atoms with Gasteiger partial charge < -0.3 is 0 Å². The summed E-state index contributed by atoms with van der Waals surface area (Å²) >= 11 is 2.89. The summed E-state index contributed by atoms with van der Waals surface area (Å²) in [7, 11) is 0. The van der Waals surface area contributed by atoms with Crippen molar-refractivity contribution in [3.8, 4) is 6.07 Å². The quantitative estimate of drug-likeness (QED) is 0.633. The van der Waals surface area contributed by atoms with Crippen LogP contribution in [0.25, 0.3) is 0 Å². The van der Waals surface area contributed by atoms with E-state index in [1.54, 1.807) is 5.51 Å². The molecule has 1 atom stereocenters. The molecule has 0 fully saturated rings. The lowest BCUT2D eigenvalue weighted by Gasteiger charge is -1.93. The Labute approximate surface area is 67.1 Å². The van der Waals surface area contributed by atoms with Gasteiger partial charge in [0, 0.05) is 0 Å². The molecule has 0 aliphatic heterocycles. The number of hydrogen-bond acceptors (Lipinski definition) is 5. The van der Waals surface area contributed by atoms with E-state index in [1.165, 1.54) is 23.1 Å². The number of rotatable bonds is 2. The third-order valence-electron chi connectivity index (χ3n) is 0.799. The maximum atomic E-state index is 8.42. The van der Waals surface area contributed by atoms with Crippen LogP contribution in [0.5, 0.6) is 0 Å². The molecule has 0 radical (unpaired) electrons. The fourth-order valence-electron chi connectivity index (χ4n) is 0.392. The molecule has 1 heterocycles. The van der Waals surface area contributed by atoms with Crippen molar-refractivity contribution in [2.75, 3.05) is 0 Å². The second-order valence-electron chi connectivity index (χ2n) is 1.59. The van der Waals surface area contributed by atoms with Crippen LogP contribution in [0.2, 0.25) is 0 Å². The Hall–Kier alpha value is -0.600. The molecular weight excluding hydrogens is 166 g/mol. The first kappa shape index (κ1) is 7.51. The van der Waals surface area contributed by atoms with Gasteiger partial charge in [0.2, 0.25) is 0 Å². The van der Waals surface area contributed by atoms with Crippen LogP contribution in [-0.2, 0) is 0 Å². The maximum Gasteiger partial charge on any atom is 0.175 e. The Morgan fingerprint density at radius 3 is 3.20 bits per heavy atom. The zero-order valence-corrected chi connectivity index (χ0v) is 6.95. The Kier molecular flexibility index (Phi) is 2.66. The average molecular weight is 171 g/mol. The lowest BCUT2D eigenvalue weighted by Crippen LogP contribution is -1.88. The predicted octanol–water partition coefficient (Wildman–Crippen LogP) is 1.54. The van der Waals surface area contributed by atoms with Crippen molar-refractivity contribution in [2.45, 2.75) is 16.5 Å². The van der Waals surface area contributed by atoms with E-state index >= 15 is 0 Å². The minimum Gasteiger partial charge on any atom is -0.197 e. The van der Waals surface area contributed by atoms with E-state index in [1.807, 2.05) is 6.92 Å². The van der Waals surface area contributed by atoms with Crippen LogP contribution >= 0.6 is 23.1 Å². The highest BCUT2D eigenvalue weighted by atomic mass is 32.2. The van der Waals surface area contributed by atoms with Gasteiger partial charge in [-0.15, -0.1) is 10.2 Å². The molecule has 0 saturated heterocycles. The third kappa shape index (κ3) is 1.97. The van der Waals surface area contributed by atoms with Crippen LogP contribution in [0.4, 0.5) is 0 Å². The lowest BCUT2D eigenvalue weighted by atomic mass is 10.5. The van der Waals surface area contributed by atoms with Crippen LogP contribution < -0.4 is 0 Å². The second kappa shape index (κ2) is 3.54. The lowest BCUT2D eigenvalue weighted by molar-refractivity contribution is 1.01. The minimum absolute atomic E-state index is 0.0343. The van der Waals surface area contributed by atoms with Gasteiger partial charge in [0.15, 0.2) is 4.34 Å². The van der Waals surface area contributed by atoms with Gasteiger partial charge in [-0.2, -0.15) is 5.26 Å². The molecule has 0 aliphatic rings. The summed E-state index contributed by atoms with van der Waals surface area (Å²) in [4.78, 5) is 0. The number of thioether (sulfide) groups is 1. The molecule has 1 unspecified atom stereocenters. The Morgan fingerprint density at radius 2 is 2.70 bits per heavy atom. The number of hydrogen-bond donors (Lipinski definition) is 0. The molecule has 3 nitrogen and oxygen atoms in total. The van der Waals surface area contributed by atoms with Gasteiger partial charge >= 0.3 is 0 Å². The summed E-state index contributed by atoms with van der Waals surface area (Å²) in [6, 6.07) is 2.11. The SMILES string of the molecule is CC(C#N)Sc1nncs1. The van der Waals surface area contributed by atoms with E-state index in [-0.39, 0.29) is 5.25 Å². The van der Waals surface area contributed by atoms with Crippen molar-refractivity contribution >= 4 is 23.1 Å². The number of nitriles is 1. The van der Waals surface area contributed by atoms with Gasteiger partial charge in [-0.25, -0.2) is 0 Å². The van der Waals surface area contributed by atoms with E-state index in [9.17, 15) is 0 Å². The van der Waals surface area contributed by atoms with E-state index in [0.29, 0.717) is 0 Å². The van der Waals surface area contributed by atoms with E-state index < -0.39 is 0 Å². The summed E-state index contributed by atoms with van der Waals surface area (Å²) in [6.45, 7) is 1.84. The first-order valence-corrected chi connectivity index (χ1v) is 4.41. The smallest absolute Gasteiger partial charge is 0.175 e. The zero-order chi connectivity index (χ0) is 7.40. The molecular formula is C5H5N3S2. The Bertz CT molecular complexity index is 226. The van der Waals surface area contributed by atoms with Gasteiger partial charge in [0.05, 0.1) is 11.3 Å². The predicted molar refractivity (Wildman–Crippen MR) is 40.8 cm³/mol. The standard InChI is InChI=1S/C5H5N3S2/c1-4(2-6)10-5-8-7-3-9-5/h3-4H,1H3. The van der Waals surface area contributed by atoms with Crippen LogP contribution in [0.1, 0.15) is 6.92 Å². The van der Waals surface area contributed by atoms with Gasteiger partial charge in [-0.3, -0.25) is 0 Å². The summed E-state index contributed by atoms with van der Waals surface area (Å²) in [5.74, 6) is 0. The van der Waals surface area contributed by atoms with Crippen molar-refractivity contribution in [2.24, 2.45) is 0 Å². The zero-order valence-electron chi connectivity index (χ0n) is 5.31. The first-order chi connectivity index (χ1) is 4.83. The van der Waals surface area contributed by atoms with E-state index in [0.717, 1.165) is 4.34 Å². The number of aromatic nitrogens is 2. The highest BCUT2D eigenvalue weighted by molar-refractivity contribution is 8.01. The fraction of sp³-hybridized carbons (Fsp3) is 0.400. The van der Waals surface area contributed by atoms with Gasteiger partial charge in [-0.1, -0.05) is 23.1 Å². The number of nitrogens with zero attached hydrogens (tertiary/aromatic N) is 3. The highest BCUT2D eigenvalue weighted by Gasteiger charge is 2.03. The summed E-state index contributed by atoms with van der Waals surface area (Å²) < 4.78 is 0.856. The molecule has 0 bridgehead atoms. The first-order valence-electron chi connectivity index (χ1n) is 2.65. The molecule has 0 saturated carbocycles. The van der Waals surface area contributed by atoms with Crippen LogP contribution in [0.3, 0.4) is 0 Å². The van der Waals surface area contributed by atoms with Gasteiger partial charge in [0.1, 0.15) is 5.51 Å². The molecule has 0 aliphatic carbocycles. The van der Waals surface area contributed by atoms with Crippen molar-refractivity contribution in [3.63, 3.8) is 0 Å². The molecule has 1 aromatic heterocycles. The summed E-state index contributed by atoms with van der Waals surface area (Å²) in [6.07, 6.45) is 0. The largest absolute Gasteiger partial charge is 0.197 e. The normalized spacial score (nSPS) is 12.4. The van der Waals surface area contributed by atoms with Crippen LogP contribution in [-0.4, -0.2) is 15.4 Å². The molecule has 0 N–H and O–H groups in total. The molecule has 52 valence electrons. The third-order valence-corrected chi connectivity index (χ3v) is 2.60. The van der Waals surface area contributed by atoms with Gasteiger partial charge in [0.25, 0.3) is 0 Å². The molecule has 5 heteroatoms. The van der Waals surface area contributed by atoms with Crippen molar-refractivity contribution < 1.29 is 0 Å². The maximum absolute atomic E-state index is 8.42. The molecule has 0 aromatic carbocycles. The summed E-state index contributed by atoms with van der Waals surface area (Å²) in [5.41, 5.74) is 1.66. The fourth-order valence-corrected chi connectivity index (χ4v) is 1.90. The highest BCUT2D eigenvalue weighted by Crippen LogP contribution is 2.22. The monoisotopic (exact) mass is 171 g/mol. The minimum atomic E-state index is -0.0343. The second-order valence-corrected chi connectivity index (χ2v) is 4.01.